The van der Waals surface area contributed by atoms with Crippen LogP contribution in [0.4, 0.5) is 0 Å². The summed E-state index contributed by atoms with van der Waals surface area (Å²) in [5.74, 6) is -1.28. The quantitative estimate of drug-likeness (QED) is 0.0412. The van der Waals surface area contributed by atoms with Crippen molar-refractivity contribution in [3.8, 4) is 23.0 Å². The monoisotopic (exact) mass is 1570 g/mol. The van der Waals surface area contributed by atoms with Gasteiger partial charge in [-0.15, -0.1) is 0 Å². The zero-order chi connectivity index (χ0) is 73.2. The molecule has 4 aromatic rings. The van der Waals surface area contributed by atoms with Crippen molar-refractivity contribution in [3.05, 3.63) is 119 Å². The minimum atomic E-state index is -0.434. The maximum absolute atomic E-state index is 13.6. The molecule has 0 aromatic heterocycles. The van der Waals surface area contributed by atoms with E-state index in [1.54, 1.807) is 0 Å². The molecule has 24 heteroatoms. The van der Waals surface area contributed by atoms with Gasteiger partial charge in [0.2, 0.25) is 0 Å². The van der Waals surface area contributed by atoms with Crippen molar-refractivity contribution in [1.82, 2.24) is 0 Å². The van der Waals surface area contributed by atoms with Crippen molar-refractivity contribution in [2.75, 3.05) is 28.2 Å². The third-order valence-corrected chi connectivity index (χ3v) is 26.9. The maximum Gasteiger partial charge on any atom is 0.311 e. The molecule has 2 aliphatic carbocycles. The van der Waals surface area contributed by atoms with E-state index in [1.165, 1.54) is 25.0 Å². The van der Waals surface area contributed by atoms with Gasteiger partial charge in [-0.1, -0.05) is 38.1 Å². The van der Waals surface area contributed by atoms with Crippen molar-refractivity contribution in [2.45, 2.75) is 281 Å². The largest absolute Gasteiger partial charge is 1.00 e. The normalized spacial score (nSPS) is 33.3. The van der Waals surface area contributed by atoms with E-state index in [9.17, 15) is 38.4 Å². The van der Waals surface area contributed by atoms with Crippen molar-refractivity contribution < 1.29 is 144 Å². The molecule has 20 nitrogen and oxygen atoms in total. The second-order valence-corrected chi connectivity index (χ2v) is 33.4. The van der Waals surface area contributed by atoms with Crippen LogP contribution in [0, 0.1) is 23.7 Å². The molecular formula is C84H112Cl4N4O16. The molecule has 10 aliphatic rings. The van der Waals surface area contributed by atoms with E-state index in [4.69, 9.17) is 37.9 Å². The van der Waals surface area contributed by atoms with Crippen LogP contribution in [0.5, 0.6) is 23.0 Å². The number of carbonyl (C=O) groups is 8. The number of rotatable bonds is 24. The molecular weight excluding hydrogens is 1460 g/mol. The molecule has 592 valence electrons. The molecule has 14 rings (SSSR count). The predicted octanol–water partition coefficient (Wildman–Crippen LogP) is 0.836. The Morgan fingerprint density at radius 2 is 0.565 bits per heavy atom. The summed E-state index contributed by atoms with van der Waals surface area (Å²) < 4.78 is 50.2. The van der Waals surface area contributed by atoms with Crippen molar-refractivity contribution >= 4 is 47.8 Å². The summed E-state index contributed by atoms with van der Waals surface area (Å²) in [4.78, 5) is 101. The van der Waals surface area contributed by atoms with E-state index < -0.39 is 23.7 Å². The van der Waals surface area contributed by atoms with Crippen molar-refractivity contribution in [2.24, 2.45) is 23.7 Å². The number of hydrogen-bond acceptors (Lipinski definition) is 16. The SMILES string of the molecule is CC(=O)Oc1ccc(C[N+]2(C)[C@@H]3CC[C@H]2CC(OC(=O)C2CCC2C(=O)OC2C[C@H]4CC[C@@H](C2)[N+]4(C)Cc2ccc(OC(C)=O)cc2)C3)cc1.CCCC(=O)Oc1ccccc1C[N+]1(C)[C@@H]2CC[C@H]1CC(OC(=O)C1CCC1C(=O)OC1C[C@H]3CC[C@@H](C1)[N+]3(C)Cc1ccccc1OC(=O)CCC)C2.[Cl-].[Cl-].[Cl-].[Cl-]. The second-order valence-electron chi connectivity index (χ2n) is 33.4. The van der Waals surface area contributed by atoms with E-state index >= 15 is 0 Å². The summed E-state index contributed by atoms with van der Waals surface area (Å²) in [7, 11) is 9.24. The van der Waals surface area contributed by atoms with Crippen LogP contribution in [0.15, 0.2) is 97.1 Å². The molecule has 20 atom stereocenters. The number of ether oxygens (including phenoxy) is 8. The van der Waals surface area contributed by atoms with Crippen molar-refractivity contribution in [1.29, 1.82) is 0 Å². The Morgan fingerprint density at radius 1 is 0.324 bits per heavy atom. The molecule has 12 unspecified atom stereocenters. The number of fused-ring (bicyclic) bond motifs is 8. The van der Waals surface area contributed by atoms with Gasteiger partial charge in [0.05, 0.1) is 100 Å². The lowest BCUT2D eigenvalue weighted by Crippen LogP contribution is -3.00. The van der Waals surface area contributed by atoms with E-state index in [0.717, 1.165) is 171 Å². The molecule has 0 N–H and O–H groups in total. The van der Waals surface area contributed by atoms with E-state index in [-0.39, 0.29) is 122 Å². The molecule has 0 radical (unpaired) electrons. The van der Waals surface area contributed by atoms with Crippen LogP contribution in [-0.2, 0) is 83.5 Å². The topological polar surface area (TPSA) is 210 Å². The Hall–Kier alpha value is -6.36. The number of hydrogen-bond donors (Lipinski definition) is 0. The van der Waals surface area contributed by atoms with Crippen LogP contribution >= 0.6 is 0 Å². The van der Waals surface area contributed by atoms with Gasteiger partial charge in [-0.05, 0) is 111 Å². The molecule has 10 fully saturated rings. The highest BCUT2D eigenvalue weighted by Gasteiger charge is 2.58. The van der Waals surface area contributed by atoms with E-state index in [0.29, 0.717) is 110 Å². The van der Waals surface area contributed by atoms with Crippen LogP contribution in [0.3, 0.4) is 0 Å². The number of para-hydroxylation sites is 2. The highest BCUT2D eigenvalue weighted by atomic mass is 35.5. The van der Waals surface area contributed by atoms with Crippen LogP contribution in [0.25, 0.3) is 0 Å². The van der Waals surface area contributed by atoms with Crippen LogP contribution in [0.2, 0.25) is 0 Å². The molecule has 108 heavy (non-hydrogen) atoms. The number of quaternary nitrogens is 4. The van der Waals surface area contributed by atoms with Crippen molar-refractivity contribution in [3.63, 3.8) is 0 Å². The summed E-state index contributed by atoms with van der Waals surface area (Å²) in [5, 5.41) is 0. The Morgan fingerprint density at radius 3 is 0.796 bits per heavy atom. The highest BCUT2D eigenvalue weighted by Crippen LogP contribution is 2.50. The van der Waals surface area contributed by atoms with Gasteiger partial charge in [-0.3, -0.25) is 38.4 Å². The standard InChI is InChI=1S/C44H60N2O8.C40H52N2O8.4ClH/c1-5-11-41(47)53-39-15-9-7-13-29(39)27-45(3)31-17-18-32(45)24-35(23-31)51-43(49)37-21-22-38(37)44(50)52-36-25-33-19-20-34(26-36)46(33,4)28-30-14-8-10-16-40(30)54-42(48)12-6-2;1-25(43)47-33-13-5-27(6-14-33)23-41(3)29-9-10-30(41)20-35(19-29)49-39(45)37-17-18-38(37)40(46)50-36-21-31-11-12-32(22-36)42(31,4)24-28-7-15-34(16-8-28)48-26(2)44;;;;/h7-10,13-16,31-38H,5-6,11-12,17-28H2,1-4H3;5-8,13-16,29-32,35-38H,9-12,17-24H2,1-4H3;4*1H/q2*+2;;;;/p-4/t31-,32+,33-,34+,35?,36?,37?,38?,45?,46?;29-,30+,31-,32+,35?,36?,37?,38?,41?,42?;;;;. The van der Waals surface area contributed by atoms with Gasteiger partial charge in [0, 0.05) is 152 Å². The minimum Gasteiger partial charge on any atom is -1.00 e. The van der Waals surface area contributed by atoms with Gasteiger partial charge in [0.1, 0.15) is 73.6 Å². The number of benzene rings is 4. The Balaban J connectivity index is 0.000000241. The first kappa shape index (κ1) is 85.6. The van der Waals surface area contributed by atoms with E-state index in [1.807, 2.05) is 98.8 Å². The lowest BCUT2D eigenvalue weighted by molar-refractivity contribution is -0.961. The molecule has 8 heterocycles. The maximum atomic E-state index is 13.6. The van der Waals surface area contributed by atoms with Gasteiger partial charge >= 0.3 is 47.8 Å². The summed E-state index contributed by atoms with van der Waals surface area (Å²) in [6.45, 7) is 10.1. The Bertz CT molecular complexity index is 3530. The third-order valence-electron chi connectivity index (χ3n) is 26.9. The molecule has 0 spiro atoms. The highest BCUT2D eigenvalue weighted by molar-refractivity contribution is 5.85. The Kier molecular flexibility index (Phi) is 28.9. The summed E-state index contributed by atoms with van der Waals surface area (Å²) in [6.07, 6.45) is 19.7. The predicted molar refractivity (Wildman–Crippen MR) is 385 cm³/mol. The first-order chi connectivity index (χ1) is 49.9. The lowest BCUT2D eigenvalue weighted by atomic mass is 9.73. The average Bonchev–Trinajstić information content (AvgIpc) is 1.61. The van der Waals surface area contributed by atoms with Gasteiger partial charge in [0.15, 0.2) is 0 Å². The number of esters is 8. The average molecular weight is 1580 g/mol. The zero-order valence-corrected chi connectivity index (χ0v) is 67.1. The molecule has 2 saturated carbocycles. The Labute approximate surface area is 662 Å². The van der Waals surface area contributed by atoms with Gasteiger partial charge in [0.25, 0.3) is 0 Å². The minimum absolute atomic E-state index is 0. The molecule has 8 saturated heterocycles. The number of halogens is 4. The first-order valence-corrected chi connectivity index (χ1v) is 39.2. The van der Waals surface area contributed by atoms with Crippen LogP contribution in [-0.4, -0.2) is 167 Å². The van der Waals surface area contributed by atoms with Crippen LogP contribution < -0.4 is 68.6 Å². The summed E-state index contributed by atoms with van der Waals surface area (Å²) >= 11 is 0. The fraction of sp³-hybridized carbons (Fsp3) is 0.619. The lowest BCUT2D eigenvalue weighted by Gasteiger charge is -2.47. The van der Waals surface area contributed by atoms with Gasteiger partial charge < -0.3 is 105 Å². The molecule has 4 aromatic carbocycles. The molecule has 8 bridgehead atoms. The molecule has 8 aliphatic heterocycles. The smallest absolute Gasteiger partial charge is 0.311 e. The fourth-order valence-electron chi connectivity index (χ4n) is 20.7. The molecule has 0 amide bonds. The first-order valence-electron chi connectivity index (χ1n) is 39.2. The fourth-order valence-corrected chi connectivity index (χ4v) is 20.7. The number of piperidine rings is 4. The van der Waals surface area contributed by atoms with E-state index in [2.05, 4.69) is 40.3 Å². The summed E-state index contributed by atoms with van der Waals surface area (Å²) in [5.41, 5.74) is 4.48. The number of carbonyl (C=O) groups excluding carboxylic acids is 8. The van der Waals surface area contributed by atoms with Gasteiger partial charge in [-0.2, -0.15) is 0 Å². The zero-order valence-electron chi connectivity index (χ0n) is 64.1. The number of nitrogens with zero attached hydrogens (tertiary/aromatic N) is 4. The third kappa shape index (κ3) is 18.7. The second kappa shape index (κ2) is 36.4. The van der Waals surface area contributed by atoms with Crippen LogP contribution in [0.1, 0.15) is 204 Å². The summed E-state index contributed by atoms with van der Waals surface area (Å²) in [6, 6.07) is 34.3. The van der Waals surface area contributed by atoms with Gasteiger partial charge in [-0.25, -0.2) is 0 Å².